The maximum atomic E-state index is 16.2. The highest BCUT2D eigenvalue weighted by atomic mass is 19.4. The molecule has 1 aliphatic carbocycles. The van der Waals surface area contributed by atoms with Gasteiger partial charge >= 0.3 is 6.18 Å². The topological polar surface area (TPSA) is 33.1 Å². The molecule has 2 aromatic carbocycles. The first-order valence-corrected chi connectivity index (χ1v) is 10.9. The van der Waals surface area contributed by atoms with Crippen molar-refractivity contribution in [3.05, 3.63) is 88.0 Å². The van der Waals surface area contributed by atoms with E-state index in [0.29, 0.717) is 47.3 Å². The molecule has 0 aliphatic heterocycles. The molecule has 1 N–H and O–H groups in total. The number of aromatic nitrogens is 1. The minimum Gasteiger partial charge on any atom is -0.388 e. The van der Waals surface area contributed by atoms with Crippen molar-refractivity contribution in [1.29, 1.82) is 0 Å². The summed E-state index contributed by atoms with van der Waals surface area (Å²) in [5.74, 6) is -0.699. The van der Waals surface area contributed by atoms with Gasteiger partial charge in [0.15, 0.2) is 6.17 Å². The lowest BCUT2D eigenvalue weighted by molar-refractivity contribution is -0.137. The van der Waals surface area contributed by atoms with Crippen molar-refractivity contribution in [2.45, 2.75) is 57.5 Å². The van der Waals surface area contributed by atoms with E-state index in [1.54, 1.807) is 0 Å². The zero-order valence-corrected chi connectivity index (χ0v) is 18.3. The van der Waals surface area contributed by atoms with Crippen LogP contribution in [0.3, 0.4) is 0 Å². The minimum atomic E-state index is -4.61. The molecule has 0 fully saturated rings. The van der Waals surface area contributed by atoms with Crippen molar-refractivity contribution in [1.82, 2.24) is 4.98 Å². The van der Waals surface area contributed by atoms with Crippen LogP contribution < -0.4 is 0 Å². The van der Waals surface area contributed by atoms with E-state index in [2.05, 4.69) is 4.98 Å². The van der Waals surface area contributed by atoms with Gasteiger partial charge in [0, 0.05) is 16.8 Å². The maximum absolute atomic E-state index is 16.2. The second-order valence-electron chi connectivity index (χ2n) is 8.70. The molecule has 1 heterocycles. The summed E-state index contributed by atoms with van der Waals surface area (Å²) in [5.41, 5.74) is 1.45. The van der Waals surface area contributed by atoms with Gasteiger partial charge in [-0.1, -0.05) is 38.1 Å². The van der Waals surface area contributed by atoms with E-state index in [0.717, 1.165) is 12.1 Å². The zero-order valence-electron chi connectivity index (χ0n) is 18.3. The SMILES string of the molecule is CC(C)c1nc2c(c(-c3ccc(F)cc3)c1C(F)c1cccc(C(F)(F)F)c1)C(O)CCC2. The number of alkyl halides is 4. The number of fused-ring (bicyclic) bond motifs is 1. The molecule has 0 bridgehead atoms. The Bertz CT molecular complexity index is 1150. The number of aryl methyl sites for hydroxylation is 1. The highest BCUT2D eigenvalue weighted by Gasteiger charge is 2.34. The normalized spacial score (nSPS) is 17.2. The Labute approximate surface area is 189 Å². The van der Waals surface area contributed by atoms with Gasteiger partial charge in [-0.2, -0.15) is 13.2 Å². The number of benzene rings is 2. The molecule has 33 heavy (non-hydrogen) atoms. The molecule has 0 saturated carbocycles. The number of rotatable bonds is 4. The predicted molar refractivity (Wildman–Crippen MR) is 116 cm³/mol. The fraction of sp³-hybridized carbons (Fsp3) is 0.346. The van der Waals surface area contributed by atoms with Gasteiger partial charge in [0.1, 0.15) is 5.82 Å². The molecule has 0 saturated heterocycles. The van der Waals surface area contributed by atoms with Crippen LogP contribution in [0.2, 0.25) is 0 Å². The van der Waals surface area contributed by atoms with E-state index < -0.39 is 29.8 Å². The van der Waals surface area contributed by atoms with E-state index in [1.807, 2.05) is 13.8 Å². The number of hydrogen-bond acceptors (Lipinski definition) is 2. The summed E-state index contributed by atoms with van der Waals surface area (Å²) < 4.78 is 69.8. The third-order valence-electron chi connectivity index (χ3n) is 6.05. The van der Waals surface area contributed by atoms with Gasteiger partial charge in [0.2, 0.25) is 0 Å². The fourth-order valence-electron chi connectivity index (χ4n) is 4.50. The lowest BCUT2D eigenvalue weighted by Gasteiger charge is -2.30. The summed E-state index contributed by atoms with van der Waals surface area (Å²) in [6.07, 6.45) is -5.65. The van der Waals surface area contributed by atoms with Crippen molar-refractivity contribution in [2.75, 3.05) is 0 Å². The number of nitrogens with zero attached hydrogens (tertiary/aromatic N) is 1. The van der Waals surface area contributed by atoms with Crippen LogP contribution in [0, 0.1) is 5.82 Å². The molecule has 174 valence electrons. The highest BCUT2D eigenvalue weighted by Crippen LogP contribution is 2.46. The average molecular weight is 461 g/mol. The number of hydrogen-bond donors (Lipinski definition) is 1. The van der Waals surface area contributed by atoms with Crippen LogP contribution in [-0.2, 0) is 12.6 Å². The molecular weight excluding hydrogens is 437 g/mol. The Morgan fingerprint density at radius 1 is 1.06 bits per heavy atom. The molecular formula is C26H24F5NO. The Kier molecular flexibility index (Phi) is 6.27. The molecule has 7 heteroatoms. The van der Waals surface area contributed by atoms with Crippen LogP contribution in [-0.4, -0.2) is 10.1 Å². The van der Waals surface area contributed by atoms with Gasteiger partial charge in [-0.3, -0.25) is 4.98 Å². The van der Waals surface area contributed by atoms with Gasteiger partial charge in [-0.15, -0.1) is 0 Å². The van der Waals surface area contributed by atoms with Gasteiger partial charge in [-0.25, -0.2) is 8.78 Å². The lowest BCUT2D eigenvalue weighted by Crippen LogP contribution is -2.19. The van der Waals surface area contributed by atoms with Gasteiger partial charge in [0.25, 0.3) is 0 Å². The first kappa shape index (κ1) is 23.4. The Hall–Kier alpha value is -2.80. The number of pyridine rings is 1. The molecule has 0 radical (unpaired) electrons. The predicted octanol–water partition coefficient (Wildman–Crippen LogP) is 7.46. The standard InChI is InChI=1S/C26H24F5NO/c1-14(2)25-23(24(28)16-5-3-6-17(13-16)26(29,30)31)21(15-9-11-18(27)12-10-15)22-19(32-25)7-4-8-20(22)33/h3,5-6,9-14,20,24,33H,4,7-8H2,1-2H3. The van der Waals surface area contributed by atoms with E-state index >= 15 is 4.39 Å². The van der Waals surface area contributed by atoms with E-state index in [4.69, 9.17) is 0 Å². The van der Waals surface area contributed by atoms with Crippen molar-refractivity contribution in [3.8, 4) is 11.1 Å². The largest absolute Gasteiger partial charge is 0.416 e. The monoisotopic (exact) mass is 461 g/mol. The molecule has 0 amide bonds. The summed E-state index contributed by atoms with van der Waals surface area (Å²) in [6, 6.07) is 9.68. The third-order valence-corrected chi connectivity index (χ3v) is 6.05. The van der Waals surface area contributed by atoms with E-state index in [1.165, 1.54) is 36.4 Å². The zero-order chi connectivity index (χ0) is 23.9. The summed E-state index contributed by atoms with van der Waals surface area (Å²) in [4.78, 5) is 4.69. The van der Waals surface area contributed by atoms with Crippen molar-refractivity contribution in [2.24, 2.45) is 0 Å². The number of halogens is 5. The Morgan fingerprint density at radius 2 is 1.76 bits per heavy atom. The lowest BCUT2D eigenvalue weighted by atomic mass is 9.80. The smallest absolute Gasteiger partial charge is 0.388 e. The minimum absolute atomic E-state index is 0.121. The van der Waals surface area contributed by atoms with E-state index in [-0.39, 0.29) is 17.0 Å². The van der Waals surface area contributed by atoms with Crippen LogP contribution in [0.1, 0.15) is 78.5 Å². The highest BCUT2D eigenvalue weighted by molar-refractivity contribution is 5.75. The van der Waals surface area contributed by atoms with Crippen molar-refractivity contribution >= 4 is 0 Å². The van der Waals surface area contributed by atoms with Crippen molar-refractivity contribution < 1.29 is 27.1 Å². The fourth-order valence-corrected chi connectivity index (χ4v) is 4.50. The molecule has 2 atom stereocenters. The second-order valence-corrected chi connectivity index (χ2v) is 8.70. The molecule has 2 unspecified atom stereocenters. The van der Waals surface area contributed by atoms with Crippen LogP contribution in [0.15, 0.2) is 48.5 Å². The Morgan fingerprint density at radius 3 is 2.39 bits per heavy atom. The quantitative estimate of drug-likeness (QED) is 0.409. The van der Waals surface area contributed by atoms with Crippen LogP contribution >= 0.6 is 0 Å². The number of aliphatic hydroxyl groups excluding tert-OH is 1. The van der Waals surface area contributed by atoms with Crippen LogP contribution in [0.4, 0.5) is 22.0 Å². The number of aliphatic hydroxyl groups is 1. The molecule has 0 spiro atoms. The van der Waals surface area contributed by atoms with Gasteiger partial charge in [0.05, 0.1) is 17.4 Å². The molecule has 3 aromatic rings. The third kappa shape index (κ3) is 4.51. The Balaban J connectivity index is 2.02. The maximum Gasteiger partial charge on any atom is 0.416 e. The molecule has 2 nitrogen and oxygen atoms in total. The van der Waals surface area contributed by atoms with E-state index in [9.17, 15) is 22.7 Å². The van der Waals surface area contributed by atoms with Crippen LogP contribution in [0.25, 0.3) is 11.1 Å². The average Bonchev–Trinajstić information content (AvgIpc) is 2.77. The van der Waals surface area contributed by atoms with Crippen LogP contribution in [0.5, 0.6) is 0 Å². The molecule has 1 aromatic heterocycles. The molecule has 4 rings (SSSR count). The van der Waals surface area contributed by atoms with Crippen molar-refractivity contribution in [3.63, 3.8) is 0 Å². The summed E-state index contributed by atoms with van der Waals surface area (Å²) >= 11 is 0. The molecule has 1 aliphatic rings. The first-order chi connectivity index (χ1) is 15.6. The summed E-state index contributed by atoms with van der Waals surface area (Å²) in [6.45, 7) is 3.68. The van der Waals surface area contributed by atoms with Gasteiger partial charge in [-0.05, 0) is 66.1 Å². The summed E-state index contributed by atoms with van der Waals surface area (Å²) in [5, 5.41) is 10.8. The van der Waals surface area contributed by atoms with Gasteiger partial charge < -0.3 is 5.11 Å². The summed E-state index contributed by atoms with van der Waals surface area (Å²) in [7, 11) is 0. The first-order valence-electron chi connectivity index (χ1n) is 10.9. The second kappa shape index (κ2) is 8.86.